The molecular weight excluding hydrogens is 304 g/mol. The van der Waals surface area contributed by atoms with Crippen LogP contribution in [0.1, 0.15) is 0 Å². The van der Waals surface area contributed by atoms with Gasteiger partial charge in [0.05, 0.1) is 0 Å². The maximum atomic E-state index is 2.12. The molecule has 0 unspecified atom stereocenters. The van der Waals surface area contributed by atoms with Gasteiger partial charge in [0.2, 0.25) is 0 Å². The minimum absolute atomic E-state index is 2.00. The molecule has 3 heteroatoms. The molecule has 0 bridgehead atoms. The van der Waals surface area contributed by atoms with Crippen LogP contribution in [0.2, 0.25) is 0 Å². The van der Waals surface area contributed by atoms with Gasteiger partial charge in [-0.2, -0.15) is 0 Å². The predicted octanol–water partition coefficient (Wildman–Crippen LogP) is 1.95. The van der Waals surface area contributed by atoms with E-state index in [0.717, 1.165) is 0 Å². The Morgan fingerprint density at radius 2 is 1.00 bits per heavy atom. The number of rotatable bonds is 0. The SMILES string of the molecule is CN(C)C.II. The lowest BCUT2D eigenvalue weighted by Crippen LogP contribution is -1.99. The Balaban J connectivity index is 0. The van der Waals surface area contributed by atoms with Crippen LogP contribution in [0.15, 0.2) is 0 Å². The van der Waals surface area contributed by atoms with E-state index in [9.17, 15) is 0 Å². The van der Waals surface area contributed by atoms with Gasteiger partial charge in [-0.15, -0.1) is 0 Å². The maximum absolute atomic E-state index is 2.12. The van der Waals surface area contributed by atoms with E-state index in [1.807, 2.05) is 26.0 Å². The summed E-state index contributed by atoms with van der Waals surface area (Å²) < 4.78 is 0. The summed E-state index contributed by atoms with van der Waals surface area (Å²) in [5.74, 6) is 0. The summed E-state index contributed by atoms with van der Waals surface area (Å²) >= 11 is 4.24. The lowest BCUT2D eigenvalue weighted by atomic mass is 11.0. The van der Waals surface area contributed by atoms with Crippen molar-refractivity contribution in [3.63, 3.8) is 0 Å². The van der Waals surface area contributed by atoms with Crippen LogP contribution < -0.4 is 0 Å². The molecule has 0 saturated carbocycles. The smallest absolute Gasteiger partial charge is 0 e. The molecule has 0 N–H and O–H groups in total. The van der Waals surface area contributed by atoms with E-state index >= 15 is 0 Å². The zero-order chi connectivity index (χ0) is 5.58. The zero-order valence-corrected chi connectivity index (χ0v) is 8.52. The summed E-state index contributed by atoms with van der Waals surface area (Å²) in [4.78, 5) is 2.00. The van der Waals surface area contributed by atoms with Gasteiger partial charge < -0.3 is 4.90 Å². The first kappa shape index (κ1) is 10.4. The fourth-order valence-electron chi connectivity index (χ4n) is 0. The summed E-state index contributed by atoms with van der Waals surface area (Å²) in [5, 5.41) is 0. The monoisotopic (exact) mass is 313 g/mol. The third-order valence-corrected chi connectivity index (χ3v) is 0. The first-order valence-corrected chi connectivity index (χ1v) is 7.77. The van der Waals surface area contributed by atoms with Gasteiger partial charge >= 0.3 is 0 Å². The fourth-order valence-corrected chi connectivity index (χ4v) is 0. The van der Waals surface area contributed by atoms with E-state index in [2.05, 4.69) is 37.2 Å². The summed E-state index contributed by atoms with van der Waals surface area (Å²) in [6.45, 7) is 0. The van der Waals surface area contributed by atoms with E-state index in [4.69, 9.17) is 0 Å². The molecule has 6 heavy (non-hydrogen) atoms. The summed E-state index contributed by atoms with van der Waals surface area (Å²) in [6.07, 6.45) is 0. The molecule has 0 heterocycles. The van der Waals surface area contributed by atoms with Crippen LogP contribution in [-0.4, -0.2) is 26.0 Å². The van der Waals surface area contributed by atoms with Crippen molar-refractivity contribution in [1.29, 1.82) is 0 Å². The molecule has 40 valence electrons. The molecule has 0 aliphatic carbocycles. The van der Waals surface area contributed by atoms with Gasteiger partial charge in [-0.1, -0.05) is 0 Å². The van der Waals surface area contributed by atoms with Crippen LogP contribution in [0.25, 0.3) is 0 Å². The highest BCUT2D eigenvalue weighted by atomic mass is 128. The number of halogens is 2. The van der Waals surface area contributed by atoms with Crippen LogP contribution in [0.4, 0.5) is 0 Å². The van der Waals surface area contributed by atoms with Gasteiger partial charge in [0.1, 0.15) is 0 Å². The van der Waals surface area contributed by atoms with Crippen molar-refractivity contribution in [2.75, 3.05) is 21.1 Å². The van der Waals surface area contributed by atoms with Crippen molar-refractivity contribution >= 4 is 37.2 Å². The highest BCUT2D eigenvalue weighted by molar-refractivity contribution is 15.0. The van der Waals surface area contributed by atoms with Gasteiger partial charge in [-0.3, -0.25) is 0 Å². The second-order valence-corrected chi connectivity index (χ2v) is 1.34. The van der Waals surface area contributed by atoms with Crippen molar-refractivity contribution in [2.24, 2.45) is 0 Å². The third-order valence-electron chi connectivity index (χ3n) is 0. The van der Waals surface area contributed by atoms with E-state index in [0.29, 0.717) is 0 Å². The van der Waals surface area contributed by atoms with Crippen molar-refractivity contribution in [2.45, 2.75) is 0 Å². The first-order chi connectivity index (χ1) is 2.73. The van der Waals surface area contributed by atoms with Crippen molar-refractivity contribution in [3.8, 4) is 0 Å². The van der Waals surface area contributed by atoms with Gasteiger partial charge in [0.15, 0.2) is 0 Å². The molecular formula is C3H9I2N. The molecule has 0 aromatic rings. The predicted molar refractivity (Wildman–Crippen MR) is 47.7 cm³/mol. The van der Waals surface area contributed by atoms with Crippen molar-refractivity contribution in [3.05, 3.63) is 0 Å². The van der Waals surface area contributed by atoms with E-state index < -0.39 is 0 Å². The van der Waals surface area contributed by atoms with Gasteiger partial charge in [0.25, 0.3) is 0 Å². The zero-order valence-electron chi connectivity index (χ0n) is 4.20. The largest absolute Gasteiger partial charge is 0.312 e. The molecule has 0 amide bonds. The maximum Gasteiger partial charge on any atom is 0 e. The standard InChI is InChI=1S/C3H9N.I2/c1-4(2)3;1-2/h1-3H3;. The highest BCUT2D eigenvalue weighted by Gasteiger charge is 1.58. The fraction of sp³-hybridized carbons (Fsp3) is 1.00. The van der Waals surface area contributed by atoms with E-state index in [1.54, 1.807) is 0 Å². The van der Waals surface area contributed by atoms with Crippen LogP contribution in [0, 0.1) is 0 Å². The summed E-state index contributed by atoms with van der Waals surface area (Å²) in [6, 6.07) is 0. The average molecular weight is 313 g/mol. The van der Waals surface area contributed by atoms with Crippen LogP contribution in [0.3, 0.4) is 0 Å². The Bertz CT molecular complexity index is 13.5. The van der Waals surface area contributed by atoms with E-state index in [-0.39, 0.29) is 0 Å². The second kappa shape index (κ2) is 9.65. The topological polar surface area (TPSA) is 3.24 Å². The average Bonchev–Trinajstić information content (AvgIpc) is 1.41. The minimum Gasteiger partial charge on any atom is -0.312 e. The molecule has 0 aromatic heterocycles. The molecule has 0 saturated heterocycles. The number of hydrogen-bond donors (Lipinski definition) is 0. The van der Waals surface area contributed by atoms with Crippen LogP contribution in [0.5, 0.6) is 0 Å². The lowest BCUT2D eigenvalue weighted by molar-refractivity contribution is 0.505. The van der Waals surface area contributed by atoms with E-state index in [1.165, 1.54) is 0 Å². The Kier molecular flexibility index (Phi) is 16.7. The number of nitrogens with zero attached hydrogens (tertiary/aromatic N) is 1. The molecule has 0 aromatic carbocycles. The lowest BCUT2D eigenvalue weighted by Gasteiger charge is -1.90. The van der Waals surface area contributed by atoms with Gasteiger partial charge in [-0.05, 0) is 21.1 Å². The van der Waals surface area contributed by atoms with Crippen LogP contribution in [-0.2, 0) is 0 Å². The second-order valence-electron chi connectivity index (χ2n) is 1.34. The summed E-state index contributed by atoms with van der Waals surface area (Å²) in [5.41, 5.74) is 0. The van der Waals surface area contributed by atoms with Crippen molar-refractivity contribution in [1.82, 2.24) is 4.90 Å². The molecule has 0 spiro atoms. The Hall–Kier alpha value is 1.42. The molecule has 0 rings (SSSR count). The molecule has 0 fully saturated rings. The van der Waals surface area contributed by atoms with Gasteiger partial charge in [-0.25, -0.2) is 0 Å². The van der Waals surface area contributed by atoms with Crippen molar-refractivity contribution < 1.29 is 0 Å². The normalized spacial score (nSPS) is 7.00. The molecule has 0 radical (unpaired) electrons. The van der Waals surface area contributed by atoms with Gasteiger partial charge in [0, 0.05) is 37.2 Å². The quantitative estimate of drug-likeness (QED) is 0.618. The number of hydrogen-bond acceptors (Lipinski definition) is 1. The Labute approximate surface area is 62.8 Å². The third kappa shape index (κ3) is 52.5. The minimum atomic E-state index is 2.00. The highest BCUT2D eigenvalue weighted by Crippen LogP contribution is 1.89. The summed E-state index contributed by atoms with van der Waals surface area (Å²) in [7, 11) is 6.00. The van der Waals surface area contributed by atoms with Crippen LogP contribution >= 0.6 is 37.2 Å². The molecule has 0 aliphatic heterocycles. The first-order valence-electron chi connectivity index (χ1n) is 1.48. The molecule has 1 nitrogen and oxygen atoms in total. The Morgan fingerprint density at radius 1 is 1.00 bits per heavy atom. The molecule has 0 aliphatic rings. The Morgan fingerprint density at radius 3 is 1.00 bits per heavy atom. The molecule has 0 atom stereocenters.